The van der Waals surface area contributed by atoms with Crippen molar-refractivity contribution in [3.63, 3.8) is 0 Å². The Bertz CT molecular complexity index is 1220. The molecule has 0 aromatic rings. The number of carbonyl (C=O) groups is 8. The Kier molecular flexibility index (Phi) is 117. The van der Waals surface area contributed by atoms with Gasteiger partial charge in [-0.1, -0.05) is 364 Å². The molecule has 0 heterocycles. The van der Waals surface area contributed by atoms with E-state index in [2.05, 4.69) is 55.4 Å². The Labute approximate surface area is 590 Å². The first-order chi connectivity index (χ1) is 46.2. The van der Waals surface area contributed by atoms with Crippen LogP contribution in [0.3, 0.4) is 0 Å². The van der Waals surface area contributed by atoms with Crippen molar-refractivity contribution in [3.8, 4) is 0 Å². The van der Waals surface area contributed by atoms with Crippen LogP contribution in [0.25, 0.3) is 0 Å². The summed E-state index contributed by atoms with van der Waals surface area (Å²) in [6.45, 7) is 17.6. The summed E-state index contributed by atoms with van der Waals surface area (Å²) in [6, 6.07) is 0. The number of carboxylic acids is 8. The van der Waals surface area contributed by atoms with E-state index >= 15 is 0 Å². The first-order valence-corrected chi connectivity index (χ1v) is 39.9. The second-order valence-electron chi connectivity index (χ2n) is 26.1. The molecule has 0 aliphatic carbocycles. The van der Waals surface area contributed by atoms with Gasteiger partial charge in [0.15, 0.2) is 0 Å². The molecular formula is C80H160O16. The van der Waals surface area contributed by atoms with Gasteiger partial charge in [0.05, 0.1) is 0 Å². The van der Waals surface area contributed by atoms with Crippen molar-refractivity contribution in [3.05, 3.63) is 0 Å². The maximum absolute atomic E-state index is 10.1. The maximum atomic E-state index is 10.1. The van der Waals surface area contributed by atoms with Crippen LogP contribution in [0.2, 0.25) is 0 Å². The molecule has 0 aromatic carbocycles. The Balaban J connectivity index is -0.000000154. The molecule has 0 unspecified atom stereocenters. The van der Waals surface area contributed by atoms with Gasteiger partial charge in [-0.05, 0) is 51.4 Å². The molecule has 0 saturated carbocycles. The smallest absolute Gasteiger partial charge is 0.303 e. The van der Waals surface area contributed by atoms with E-state index in [4.69, 9.17) is 40.9 Å². The molecule has 8 N–H and O–H groups in total. The molecule has 0 saturated heterocycles. The van der Waals surface area contributed by atoms with E-state index in [1.165, 1.54) is 257 Å². The summed E-state index contributed by atoms with van der Waals surface area (Å²) in [7, 11) is 0. The maximum Gasteiger partial charge on any atom is 0.303 e. The topological polar surface area (TPSA) is 298 Å². The third-order valence-electron chi connectivity index (χ3n) is 16.0. The summed E-state index contributed by atoms with van der Waals surface area (Å²) in [4.78, 5) is 81.1. The Morgan fingerprint density at radius 3 is 0.250 bits per heavy atom. The van der Waals surface area contributed by atoms with Crippen LogP contribution < -0.4 is 0 Å². The SMILES string of the molecule is CCCCCCCCCC(=O)O.CCCCCCCCCC(=O)O.CCCCCCCCCC(=O)O.CCCCCCCCCC(=O)O.CCCCCCCCCC(=O)O.CCCCCCCCCC(=O)O.CCCCCCCCCC(=O)O.CCCCCCCCCC(=O)O. The van der Waals surface area contributed by atoms with E-state index in [1.54, 1.807) is 0 Å². The van der Waals surface area contributed by atoms with Crippen LogP contribution in [0, 0.1) is 0 Å². The van der Waals surface area contributed by atoms with Crippen LogP contribution in [0.1, 0.15) is 466 Å². The van der Waals surface area contributed by atoms with Gasteiger partial charge < -0.3 is 40.9 Å². The number of unbranched alkanes of at least 4 members (excludes halogenated alkanes) is 48. The van der Waals surface area contributed by atoms with E-state index in [9.17, 15) is 38.4 Å². The fourth-order valence-electron chi connectivity index (χ4n) is 9.87. The van der Waals surface area contributed by atoms with Gasteiger partial charge in [0.2, 0.25) is 0 Å². The lowest BCUT2D eigenvalue weighted by Crippen LogP contribution is -1.93. The van der Waals surface area contributed by atoms with Crippen LogP contribution in [-0.2, 0) is 38.4 Å². The van der Waals surface area contributed by atoms with E-state index < -0.39 is 47.8 Å². The molecule has 0 aromatic heterocycles. The molecule has 0 radical (unpaired) electrons. The lowest BCUT2D eigenvalue weighted by atomic mass is 10.1. The highest BCUT2D eigenvalue weighted by Crippen LogP contribution is 2.14. The minimum atomic E-state index is -0.663. The van der Waals surface area contributed by atoms with Crippen LogP contribution >= 0.6 is 0 Å². The van der Waals surface area contributed by atoms with Gasteiger partial charge in [0.25, 0.3) is 0 Å². The van der Waals surface area contributed by atoms with Crippen LogP contribution in [0.5, 0.6) is 0 Å². The third kappa shape index (κ3) is 154. The molecule has 0 rings (SSSR count). The van der Waals surface area contributed by atoms with E-state index in [-0.39, 0.29) is 0 Å². The van der Waals surface area contributed by atoms with Crippen molar-refractivity contribution in [1.29, 1.82) is 0 Å². The second kappa shape index (κ2) is 104. The summed E-state index contributed by atoms with van der Waals surface area (Å²) in [5.41, 5.74) is 0. The Morgan fingerprint density at radius 1 is 0.125 bits per heavy atom. The highest BCUT2D eigenvalue weighted by atomic mass is 16.4. The van der Waals surface area contributed by atoms with Crippen LogP contribution in [0.4, 0.5) is 0 Å². The summed E-state index contributed by atoms with van der Waals surface area (Å²) in [5, 5.41) is 66.8. The average molecular weight is 1380 g/mol. The molecule has 0 aliphatic rings. The van der Waals surface area contributed by atoms with Gasteiger partial charge in [0.1, 0.15) is 0 Å². The summed E-state index contributed by atoms with van der Waals surface area (Å²) in [5.74, 6) is -5.31. The minimum Gasteiger partial charge on any atom is -0.481 e. The van der Waals surface area contributed by atoms with E-state index in [0.29, 0.717) is 51.4 Å². The molecule has 0 fully saturated rings. The fraction of sp³-hybridized carbons (Fsp3) is 0.900. The van der Waals surface area contributed by atoms with Crippen molar-refractivity contribution < 1.29 is 79.2 Å². The monoisotopic (exact) mass is 1380 g/mol. The molecule has 16 heteroatoms. The lowest BCUT2D eigenvalue weighted by molar-refractivity contribution is -0.138. The highest BCUT2D eigenvalue weighted by Gasteiger charge is 2.02. The van der Waals surface area contributed by atoms with Gasteiger partial charge >= 0.3 is 47.8 Å². The standard InChI is InChI=1S/8C10H20O2/c8*1-2-3-4-5-6-7-8-9-10(11)12/h8*2-9H2,1H3,(H,11,12). The molecule has 0 amide bonds. The summed E-state index contributed by atoms with van der Waals surface area (Å²) in [6.07, 6.45) is 69.1. The van der Waals surface area contributed by atoms with Crippen LogP contribution in [0.15, 0.2) is 0 Å². The minimum absolute atomic E-state index is 0.341. The molecule has 576 valence electrons. The first kappa shape index (κ1) is 108. The number of rotatable bonds is 64. The van der Waals surface area contributed by atoms with E-state index in [0.717, 1.165) is 103 Å². The average Bonchev–Trinajstić information content (AvgIpc) is 3.54. The summed E-state index contributed by atoms with van der Waals surface area (Å²) < 4.78 is 0. The third-order valence-corrected chi connectivity index (χ3v) is 16.0. The number of hydrogen-bond acceptors (Lipinski definition) is 8. The zero-order valence-electron chi connectivity index (χ0n) is 64.1. The Morgan fingerprint density at radius 2 is 0.188 bits per heavy atom. The first-order valence-electron chi connectivity index (χ1n) is 39.9. The van der Waals surface area contributed by atoms with Crippen molar-refractivity contribution in [1.82, 2.24) is 0 Å². The molecule has 0 spiro atoms. The molecular weight excluding hydrogens is 1220 g/mol. The van der Waals surface area contributed by atoms with Gasteiger partial charge in [-0.15, -0.1) is 0 Å². The zero-order chi connectivity index (χ0) is 73.9. The normalized spacial score (nSPS) is 10.1. The number of carboxylic acid groups (broad SMARTS) is 8. The predicted molar refractivity (Wildman–Crippen MR) is 402 cm³/mol. The zero-order valence-corrected chi connectivity index (χ0v) is 64.1. The van der Waals surface area contributed by atoms with Crippen molar-refractivity contribution in [2.45, 2.75) is 466 Å². The Hall–Kier alpha value is -4.24. The largest absolute Gasteiger partial charge is 0.481 e. The quantitative estimate of drug-likeness (QED) is 0.0263. The fourth-order valence-corrected chi connectivity index (χ4v) is 9.87. The van der Waals surface area contributed by atoms with Gasteiger partial charge in [0, 0.05) is 51.4 Å². The van der Waals surface area contributed by atoms with Crippen LogP contribution in [-0.4, -0.2) is 88.6 Å². The molecule has 0 bridgehead atoms. The van der Waals surface area contributed by atoms with Crippen molar-refractivity contribution in [2.75, 3.05) is 0 Å². The van der Waals surface area contributed by atoms with Gasteiger partial charge in [-0.2, -0.15) is 0 Å². The van der Waals surface area contributed by atoms with Crippen molar-refractivity contribution in [2.24, 2.45) is 0 Å². The van der Waals surface area contributed by atoms with E-state index in [1.807, 2.05) is 0 Å². The number of hydrogen-bond donors (Lipinski definition) is 8. The molecule has 0 atom stereocenters. The predicted octanol–water partition coefficient (Wildman–Crippen LogP) is 25.7. The lowest BCUT2D eigenvalue weighted by Gasteiger charge is -1.98. The highest BCUT2D eigenvalue weighted by molar-refractivity contribution is 5.68. The molecule has 0 aliphatic heterocycles. The van der Waals surface area contributed by atoms with Gasteiger partial charge in [-0.3, -0.25) is 38.4 Å². The second-order valence-corrected chi connectivity index (χ2v) is 26.1. The van der Waals surface area contributed by atoms with Gasteiger partial charge in [-0.25, -0.2) is 0 Å². The molecule has 96 heavy (non-hydrogen) atoms. The molecule has 16 nitrogen and oxygen atoms in total. The van der Waals surface area contributed by atoms with Crippen molar-refractivity contribution >= 4 is 47.8 Å². The number of aliphatic carboxylic acids is 8. The summed E-state index contributed by atoms with van der Waals surface area (Å²) >= 11 is 0.